The van der Waals surface area contributed by atoms with Gasteiger partial charge in [-0.25, -0.2) is 0 Å². The van der Waals surface area contributed by atoms with Gasteiger partial charge >= 0.3 is 0 Å². The van der Waals surface area contributed by atoms with Gasteiger partial charge in [0.1, 0.15) is 0 Å². The summed E-state index contributed by atoms with van der Waals surface area (Å²) in [6.45, 7) is 6.36. The summed E-state index contributed by atoms with van der Waals surface area (Å²) in [5.74, 6) is 1.64. The van der Waals surface area contributed by atoms with Crippen LogP contribution in [-0.2, 0) is 0 Å². The van der Waals surface area contributed by atoms with Crippen LogP contribution in [0.1, 0.15) is 0 Å². The lowest BCUT2D eigenvalue weighted by molar-refractivity contribution is 0.174. The predicted molar refractivity (Wildman–Crippen MR) is 101 cm³/mol. The fourth-order valence-electron chi connectivity index (χ4n) is 3.29. The SMILES string of the molecule is Clc1ccccc1N1CCN(CCNc2ccc3c(c2)OCO3)CC1. The van der Waals surface area contributed by atoms with E-state index in [0.29, 0.717) is 6.79 Å². The Bertz CT molecular complexity index is 732. The maximum absolute atomic E-state index is 6.30. The normalized spacial score (nSPS) is 16.9. The Morgan fingerprint density at radius 3 is 2.60 bits per heavy atom. The fraction of sp³-hybridized carbons (Fsp3) is 0.368. The van der Waals surface area contributed by atoms with Crippen LogP contribution in [0.3, 0.4) is 0 Å². The minimum Gasteiger partial charge on any atom is -0.454 e. The Kier molecular flexibility index (Phi) is 4.85. The van der Waals surface area contributed by atoms with Gasteiger partial charge in [-0.1, -0.05) is 23.7 Å². The highest BCUT2D eigenvalue weighted by Crippen LogP contribution is 2.34. The van der Waals surface area contributed by atoms with Crippen LogP contribution in [0, 0.1) is 0 Å². The second kappa shape index (κ2) is 7.42. The number of fused-ring (bicyclic) bond motifs is 1. The number of hydrogen-bond donors (Lipinski definition) is 1. The lowest BCUT2D eigenvalue weighted by Crippen LogP contribution is -2.47. The number of benzene rings is 2. The summed E-state index contributed by atoms with van der Waals surface area (Å²) in [5, 5.41) is 4.30. The molecule has 0 atom stereocenters. The van der Waals surface area contributed by atoms with E-state index in [-0.39, 0.29) is 0 Å². The number of halogens is 1. The molecule has 0 aliphatic carbocycles. The summed E-state index contributed by atoms with van der Waals surface area (Å²) in [4.78, 5) is 4.84. The summed E-state index contributed by atoms with van der Waals surface area (Å²) in [7, 11) is 0. The van der Waals surface area contributed by atoms with Gasteiger partial charge < -0.3 is 19.7 Å². The van der Waals surface area contributed by atoms with E-state index in [2.05, 4.69) is 21.2 Å². The van der Waals surface area contributed by atoms with Gasteiger partial charge in [0.25, 0.3) is 0 Å². The van der Waals surface area contributed by atoms with Crippen molar-refractivity contribution in [3.8, 4) is 11.5 Å². The van der Waals surface area contributed by atoms with E-state index in [1.807, 2.05) is 36.4 Å². The average molecular weight is 360 g/mol. The molecule has 4 rings (SSSR count). The van der Waals surface area contributed by atoms with Gasteiger partial charge in [-0.2, -0.15) is 0 Å². The number of ether oxygens (including phenoxy) is 2. The van der Waals surface area contributed by atoms with E-state index in [1.54, 1.807) is 0 Å². The zero-order chi connectivity index (χ0) is 17.1. The number of hydrogen-bond acceptors (Lipinski definition) is 5. The molecule has 0 amide bonds. The molecule has 1 N–H and O–H groups in total. The van der Waals surface area contributed by atoms with Crippen LogP contribution in [0.25, 0.3) is 0 Å². The van der Waals surface area contributed by atoms with Gasteiger partial charge in [0.05, 0.1) is 10.7 Å². The number of nitrogens with zero attached hydrogens (tertiary/aromatic N) is 2. The maximum Gasteiger partial charge on any atom is 0.231 e. The summed E-state index contributed by atoms with van der Waals surface area (Å²) in [6.07, 6.45) is 0. The van der Waals surface area contributed by atoms with Crippen molar-refractivity contribution < 1.29 is 9.47 Å². The molecule has 0 unspecified atom stereocenters. The molecule has 0 radical (unpaired) electrons. The molecule has 6 heteroatoms. The van der Waals surface area contributed by atoms with Crippen molar-refractivity contribution in [1.29, 1.82) is 0 Å². The van der Waals surface area contributed by atoms with Crippen LogP contribution in [0.15, 0.2) is 42.5 Å². The molecule has 2 heterocycles. The molecule has 132 valence electrons. The molecule has 5 nitrogen and oxygen atoms in total. The van der Waals surface area contributed by atoms with Crippen molar-refractivity contribution in [2.75, 3.05) is 56.3 Å². The Labute approximate surface area is 153 Å². The van der Waals surface area contributed by atoms with Gasteiger partial charge in [-0.3, -0.25) is 4.90 Å². The van der Waals surface area contributed by atoms with Gasteiger partial charge in [-0.15, -0.1) is 0 Å². The van der Waals surface area contributed by atoms with E-state index in [0.717, 1.165) is 67.2 Å². The average Bonchev–Trinajstić information content (AvgIpc) is 3.11. The van der Waals surface area contributed by atoms with E-state index in [4.69, 9.17) is 21.1 Å². The molecule has 0 spiro atoms. The molecule has 1 fully saturated rings. The minimum atomic E-state index is 0.314. The first kappa shape index (κ1) is 16.4. The third-order valence-corrected chi connectivity index (χ3v) is 5.01. The molecule has 0 saturated carbocycles. The Balaban J connectivity index is 1.23. The van der Waals surface area contributed by atoms with Crippen molar-refractivity contribution in [1.82, 2.24) is 4.90 Å². The van der Waals surface area contributed by atoms with Crippen LogP contribution in [0.4, 0.5) is 11.4 Å². The highest BCUT2D eigenvalue weighted by Gasteiger charge is 2.18. The quantitative estimate of drug-likeness (QED) is 0.886. The van der Waals surface area contributed by atoms with Crippen molar-refractivity contribution in [2.45, 2.75) is 0 Å². The lowest BCUT2D eigenvalue weighted by Gasteiger charge is -2.36. The number of anilines is 2. The molecule has 2 aromatic rings. The maximum atomic E-state index is 6.30. The molecule has 0 bridgehead atoms. The number of rotatable bonds is 5. The smallest absolute Gasteiger partial charge is 0.231 e. The summed E-state index contributed by atoms with van der Waals surface area (Å²) in [6, 6.07) is 14.1. The molecule has 2 aliphatic heterocycles. The largest absolute Gasteiger partial charge is 0.454 e. The zero-order valence-electron chi connectivity index (χ0n) is 14.1. The monoisotopic (exact) mass is 359 g/mol. The Morgan fingerprint density at radius 1 is 0.960 bits per heavy atom. The topological polar surface area (TPSA) is 37.0 Å². The lowest BCUT2D eigenvalue weighted by atomic mass is 10.2. The standard InChI is InChI=1S/C19H22ClN3O2/c20-16-3-1-2-4-17(16)23-11-9-22(10-12-23)8-7-21-15-5-6-18-19(13-15)25-14-24-18/h1-6,13,21H,7-12,14H2. The second-order valence-corrected chi connectivity index (χ2v) is 6.68. The predicted octanol–water partition coefficient (Wildman–Crippen LogP) is 3.30. The molecule has 0 aromatic heterocycles. The molecular formula is C19H22ClN3O2. The summed E-state index contributed by atoms with van der Waals surface area (Å²) >= 11 is 6.30. The number of piperazine rings is 1. The molecule has 2 aliphatic rings. The molecule has 2 aromatic carbocycles. The number of para-hydroxylation sites is 1. The van der Waals surface area contributed by atoms with Crippen molar-refractivity contribution in [3.63, 3.8) is 0 Å². The summed E-state index contributed by atoms with van der Waals surface area (Å²) < 4.78 is 10.7. The third-order valence-electron chi connectivity index (χ3n) is 4.70. The third kappa shape index (κ3) is 3.78. The summed E-state index contributed by atoms with van der Waals surface area (Å²) in [5.41, 5.74) is 2.21. The first-order valence-corrected chi connectivity index (χ1v) is 9.03. The molecule has 25 heavy (non-hydrogen) atoms. The fourth-order valence-corrected chi connectivity index (χ4v) is 3.54. The zero-order valence-corrected chi connectivity index (χ0v) is 14.8. The van der Waals surface area contributed by atoms with Crippen LogP contribution < -0.4 is 19.7 Å². The first-order valence-electron chi connectivity index (χ1n) is 8.65. The van der Waals surface area contributed by atoms with Crippen LogP contribution >= 0.6 is 11.6 Å². The van der Waals surface area contributed by atoms with Gasteiger partial charge in [0.2, 0.25) is 6.79 Å². The van der Waals surface area contributed by atoms with Gasteiger partial charge in [0, 0.05) is 51.0 Å². The Hall–Kier alpha value is -2.11. The van der Waals surface area contributed by atoms with Crippen molar-refractivity contribution in [3.05, 3.63) is 47.5 Å². The van der Waals surface area contributed by atoms with E-state index < -0.39 is 0 Å². The van der Waals surface area contributed by atoms with Gasteiger partial charge in [-0.05, 0) is 24.3 Å². The first-order chi connectivity index (χ1) is 12.3. The Morgan fingerprint density at radius 2 is 1.76 bits per heavy atom. The van der Waals surface area contributed by atoms with Crippen LogP contribution in [0.5, 0.6) is 11.5 Å². The van der Waals surface area contributed by atoms with Gasteiger partial charge in [0.15, 0.2) is 11.5 Å². The minimum absolute atomic E-state index is 0.314. The van der Waals surface area contributed by atoms with E-state index >= 15 is 0 Å². The van der Waals surface area contributed by atoms with Crippen LogP contribution in [-0.4, -0.2) is 51.0 Å². The van der Waals surface area contributed by atoms with E-state index in [9.17, 15) is 0 Å². The van der Waals surface area contributed by atoms with E-state index in [1.165, 1.54) is 0 Å². The molecular weight excluding hydrogens is 338 g/mol. The second-order valence-electron chi connectivity index (χ2n) is 6.27. The van der Waals surface area contributed by atoms with Crippen LogP contribution in [0.2, 0.25) is 5.02 Å². The highest BCUT2D eigenvalue weighted by molar-refractivity contribution is 6.33. The number of nitrogens with one attached hydrogen (secondary N) is 1. The highest BCUT2D eigenvalue weighted by atomic mass is 35.5. The van der Waals surface area contributed by atoms with Crippen molar-refractivity contribution in [2.24, 2.45) is 0 Å². The molecule has 1 saturated heterocycles. The van der Waals surface area contributed by atoms with Crippen molar-refractivity contribution >= 4 is 23.0 Å².